The molecule has 0 aromatic carbocycles. The number of pyridine rings is 1. The maximum atomic E-state index is 12.2. The highest BCUT2D eigenvalue weighted by molar-refractivity contribution is 5.75. The third-order valence-electron chi connectivity index (χ3n) is 3.25. The summed E-state index contributed by atoms with van der Waals surface area (Å²) in [4.78, 5) is 43.9. The Kier molecular flexibility index (Phi) is 3.80. The van der Waals surface area contributed by atoms with Crippen molar-refractivity contribution in [2.75, 3.05) is 0 Å². The van der Waals surface area contributed by atoms with E-state index in [0.717, 1.165) is 0 Å². The summed E-state index contributed by atoms with van der Waals surface area (Å²) in [5.74, 6) is 0. The molecule has 0 amide bonds. The zero-order chi connectivity index (χ0) is 16.4. The van der Waals surface area contributed by atoms with Gasteiger partial charge in [0.1, 0.15) is 12.0 Å². The Bertz CT molecular complexity index is 1030. The number of H-pyrrole nitrogens is 2. The van der Waals surface area contributed by atoms with Gasteiger partial charge in [-0.25, -0.2) is 4.79 Å². The molecule has 0 spiro atoms. The first-order chi connectivity index (χ1) is 11.1. The maximum Gasteiger partial charge on any atom is 0.337 e. The molecular weight excluding hydrogens is 302 g/mol. The van der Waals surface area contributed by atoms with Crippen LogP contribution in [0.1, 0.15) is 18.2 Å². The van der Waals surface area contributed by atoms with Gasteiger partial charge in [-0.15, -0.1) is 0 Å². The lowest BCUT2D eigenvalue weighted by Gasteiger charge is -2.06. The molecule has 3 rings (SSSR count). The molecule has 0 aliphatic rings. The Morgan fingerprint density at radius 1 is 1.22 bits per heavy atom. The summed E-state index contributed by atoms with van der Waals surface area (Å²) < 4.78 is 10.3. The molecule has 0 saturated heterocycles. The molecule has 3 aromatic rings. The number of nitrogens with zero attached hydrogens (tertiary/aromatic N) is 1. The van der Waals surface area contributed by atoms with Gasteiger partial charge < -0.3 is 14.1 Å². The molecule has 0 fully saturated rings. The second-order valence-corrected chi connectivity index (χ2v) is 4.82. The zero-order valence-electron chi connectivity index (χ0n) is 12.2. The van der Waals surface area contributed by atoms with Gasteiger partial charge in [-0.2, -0.15) is 4.98 Å². The van der Waals surface area contributed by atoms with Gasteiger partial charge in [0.05, 0.1) is 5.69 Å². The number of aromatic nitrogens is 3. The number of nitrogens with one attached hydrogen (secondary N) is 2. The minimum absolute atomic E-state index is 0.00221. The number of hydrogen-bond acceptors (Lipinski definition) is 6. The zero-order valence-corrected chi connectivity index (χ0v) is 12.2. The lowest BCUT2D eigenvalue weighted by Crippen LogP contribution is -2.16. The highest BCUT2D eigenvalue weighted by Crippen LogP contribution is 2.13. The van der Waals surface area contributed by atoms with E-state index in [-0.39, 0.29) is 29.3 Å². The van der Waals surface area contributed by atoms with Crippen LogP contribution in [0.15, 0.2) is 43.1 Å². The number of rotatable bonds is 4. The first-order valence-electron chi connectivity index (χ1n) is 6.95. The Balaban J connectivity index is 1.98. The number of hydrogen-bond donors (Lipinski definition) is 2. The first-order valence-corrected chi connectivity index (χ1v) is 6.95. The molecule has 0 radical (unpaired) electrons. The number of fused-ring (bicyclic) bond motifs is 1. The van der Waals surface area contributed by atoms with Crippen LogP contribution in [0.5, 0.6) is 6.01 Å². The summed E-state index contributed by atoms with van der Waals surface area (Å²) in [6, 6.07) is 5.80. The van der Waals surface area contributed by atoms with Gasteiger partial charge in [0.15, 0.2) is 0 Å². The fraction of sp³-hybridized carbons (Fsp3) is 0.200. The monoisotopic (exact) mass is 315 g/mol. The molecule has 0 aliphatic carbocycles. The minimum atomic E-state index is -0.578. The lowest BCUT2D eigenvalue weighted by atomic mass is 10.1. The van der Waals surface area contributed by atoms with Crippen molar-refractivity contribution in [1.82, 2.24) is 15.0 Å². The summed E-state index contributed by atoms with van der Waals surface area (Å²) >= 11 is 0. The van der Waals surface area contributed by atoms with Crippen LogP contribution in [-0.4, -0.2) is 15.0 Å². The van der Waals surface area contributed by atoms with Crippen LogP contribution in [0, 0.1) is 0 Å². The van der Waals surface area contributed by atoms with Crippen LogP contribution < -0.4 is 21.5 Å². The second-order valence-electron chi connectivity index (χ2n) is 4.82. The molecule has 3 heterocycles. The molecule has 8 nitrogen and oxygen atoms in total. The second kappa shape index (κ2) is 5.91. The average Bonchev–Trinajstić information content (AvgIpc) is 2.51. The summed E-state index contributed by atoms with van der Waals surface area (Å²) in [7, 11) is 0. The fourth-order valence-electron chi connectivity index (χ4n) is 2.20. The summed E-state index contributed by atoms with van der Waals surface area (Å²) in [5, 5.41) is 0.229. The highest BCUT2D eigenvalue weighted by Gasteiger charge is 2.12. The summed E-state index contributed by atoms with van der Waals surface area (Å²) in [6.45, 7) is 1.83. The van der Waals surface area contributed by atoms with E-state index in [9.17, 15) is 14.4 Å². The molecule has 0 atom stereocenters. The third-order valence-corrected chi connectivity index (χ3v) is 3.25. The van der Waals surface area contributed by atoms with Crippen molar-refractivity contribution in [1.29, 1.82) is 0 Å². The van der Waals surface area contributed by atoms with Crippen molar-refractivity contribution in [3.05, 3.63) is 66.7 Å². The summed E-state index contributed by atoms with van der Waals surface area (Å²) in [5.41, 5.74) is -0.287. The molecule has 0 bridgehead atoms. The van der Waals surface area contributed by atoms with Gasteiger partial charge in [-0.3, -0.25) is 14.6 Å². The maximum absolute atomic E-state index is 12.2. The largest absolute Gasteiger partial charge is 0.458 e. The van der Waals surface area contributed by atoms with Crippen LogP contribution in [0.3, 0.4) is 0 Å². The van der Waals surface area contributed by atoms with Crippen molar-refractivity contribution >= 4 is 11.1 Å². The topological polar surface area (TPSA) is 118 Å². The predicted octanol–water partition coefficient (Wildman–Crippen LogP) is 0.706. The van der Waals surface area contributed by atoms with Gasteiger partial charge >= 0.3 is 5.63 Å². The quantitative estimate of drug-likeness (QED) is 0.732. The van der Waals surface area contributed by atoms with Crippen molar-refractivity contribution in [3.63, 3.8) is 0 Å². The molecule has 0 saturated carbocycles. The Labute approximate surface area is 128 Å². The normalized spacial score (nSPS) is 10.8. The van der Waals surface area contributed by atoms with Crippen molar-refractivity contribution in [2.45, 2.75) is 20.0 Å². The number of aromatic amines is 2. The fourth-order valence-corrected chi connectivity index (χ4v) is 2.20. The van der Waals surface area contributed by atoms with E-state index in [2.05, 4.69) is 15.0 Å². The van der Waals surface area contributed by atoms with Crippen molar-refractivity contribution in [2.24, 2.45) is 0 Å². The van der Waals surface area contributed by atoms with Crippen molar-refractivity contribution < 1.29 is 9.15 Å². The van der Waals surface area contributed by atoms with Crippen LogP contribution in [0.2, 0.25) is 0 Å². The standard InChI is InChI=1S/C15H13N3O5/c1-2-8-6-11(20)23-14-12(8)13(21)17-15(18-14)22-7-9-4-3-5-10(19)16-9/h3-6H,2,7H2,1H3,(H,16,19)(H,17,18,21). The molecule has 118 valence electrons. The smallest absolute Gasteiger partial charge is 0.337 e. The molecule has 8 heteroatoms. The molecule has 0 unspecified atom stereocenters. The van der Waals surface area contributed by atoms with E-state index in [1.807, 2.05) is 6.92 Å². The van der Waals surface area contributed by atoms with E-state index < -0.39 is 11.2 Å². The van der Waals surface area contributed by atoms with Gasteiger partial charge in [-0.1, -0.05) is 13.0 Å². The van der Waals surface area contributed by atoms with Crippen LogP contribution in [0.25, 0.3) is 11.1 Å². The Hall–Kier alpha value is -3.16. The van der Waals surface area contributed by atoms with Gasteiger partial charge in [0.25, 0.3) is 11.6 Å². The van der Waals surface area contributed by atoms with Crippen LogP contribution >= 0.6 is 0 Å². The van der Waals surface area contributed by atoms with Gasteiger partial charge in [0, 0.05) is 12.1 Å². The first kappa shape index (κ1) is 14.8. The minimum Gasteiger partial charge on any atom is -0.458 e. The lowest BCUT2D eigenvalue weighted by molar-refractivity contribution is 0.275. The Morgan fingerprint density at radius 3 is 2.78 bits per heavy atom. The number of ether oxygens (including phenoxy) is 1. The van der Waals surface area contributed by atoms with Gasteiger partial charge in [0.2, 0.25) is 11.3 Å². The molecule has 2 N–H and O–H groups in total. The predicted molar refractivity (Wildman–Crippen MR) is 81.7 cm³/mol. The average molecular weight is 315 g/mol. The van der Waals surface area contributed by atoms with Crippen molar-refractivity contribution in [3.8, 4) is 6.01 Å². The van der Waals surface area contributed by atoms with E-state index in [0.29, 0.717) is 17.7 Å². The van der Waals surface area contributed by atoms with E-state index in [1.54, 1.807) is 12.1 Å². The Morgan fingerprint density at radius 2 is 2.04 bits per heavy atom. The number of aryl methyl sites for hydroxylation is 1. The summed E-state index contributed by atoms with van der Waals surface area (Å²) in [6.07, 6.45) is 0.498. The van der Waals surface area contributed by atoms with Gasteiger partial charge in [-0.05, 0) is 18.1 Å². The van der Waals surface area contributed by atoms with Crippen LogP contribution in [-0.2, 0) is 13.0 Å². The SMILES string of the molecule is CCc1cc(=O)oc2nc(OCc3cccc(=O)[nH]3)[nH]c(=O)c12. The third kappa shape index (κ3) is 3.05. The molecular formula is C15H13N3O5. The van der Waals surface area contributed by atoms with E-state index in [4.69, 9.17) is 9.15 Å². The molecule has 3 aromatic heterocycles. The molecule has 0 aliphatic heterocycles. The molecule has 23 heavy (non-hydrogen) atoms. The highest BCUT2D eigenvalue weighted by atomic mass is 16.5. The van der Waals surface area contributed by atoms with E-state index in [1.165, 1.54) is 12.1 Å². The van der Waals surface area contributed by atoms with E-state index >= 15 is 0 Å². The van der Waals surface area contributed by atoms with Crippen LogP contribution in [0.4, 0.5) is 0 Å².